The third kappa shape index (κ3) is 2.78. The normalized spacial score (nSPS) is 23.4. The standard InChI is InChI=1S/C13H19N3O4S/c1-8-4-11(16(17)18)5-13(10(8)3)21(19,20)15-6-9(2)12(14)7-15/h4-5,9,12H,6-7,14H2,1-3H3. The molecule has 0 radical (unpaired) electrons. The molecule has 1 aliphatic rings. The predicted molar refractivity (Wildman–Crippen MR) is 78.5 cm³/mol. The van der Waals surface area contributed by atoms with E-state index in [9.17, 15) is 18.5 Å². The van der Waals surface area contributed by atoms with Crippen molar-refractivity contribution in [3.8, 4) is 0 Å². The van der Waals surface area contributed by atoms with Crippen molar-refractivity contribution in [1.82, 2.24) is 4.31 Å². The van der Waals surface area contributed by atoms with Crippen molar-refractivity contribution in [1.29, 1.82) is 0 Å². The Labute approximate surface area is 123 Å². The maximum absolute atomic E-state index is 12.7. The SMILES string of the molecule is Cc1cc([N+](=O)[O-])cc(S(=O)(=O)N2CC(C)C(N)C2)c1C. The fourth-order valence-corrected chi connectivity index (χ4v) is 4.36. The number of nitro groups is 1. The highest BCUT2D eigenvalue weighted by atomic mass is 32.2. The second-order valence-corrected chi connectivity index (χ2v) is 7.51. The molecule has 2 N–H and O–H groups in total. The molecule has 0 saturated carbocycles. The summed E-state index contributed by atoms with van der Waals surface area (Å²) in [5.41, 5.74) is 6.78. The maximum Gasteiger partial charge on any atom is 0.271 e. The first-order chi connectivity index (χ1) is 9.64. The van der Waals surface area contributed by atoms with Crippen LogP contribution in [-0.2, 0) is 10.0 Å². The Balaban J connectivity index is 2.52. The molecule has 21 heavy (non-hydrogen) atoms. The van der Waals surface area contributed by atoms with Gasteiger partial charge in [0.2, 0.25) is 10.0 Å². The van der Waals surface area contributed by atoms with Crippen molar-refractivity contribution in [2.75, 3.05) is 13.1 Å². The molecule has 7 nitrogen and oxygen atoms in total. The molecule has 0 aliphatic carbocycles. The van der Waals surface area contributed by atoms with Crippen LogP contribution in [0.5, 0.6) is 0 Å². The molecular weight excluding hydrogens is 294 g/mol. The number of nitrogens with zero attached hydrogens (tertiary/aromatic N) is 2. The minimum absolute atomic E-state index is 0.00417. The van der Waals surface area contributed by atoms with Crippen LogP contribution in [-0.4, -0.2) is 36.8 Å². The van der Waals surface area contributed by atoms with Gasteiger partial charge in [-0.05, 0) is 30.9 Å². The summed E-state index contributed by atoms with van der Waals surface area (Å²) >= 11 is 0. The van der Waals surface area contributed by atoms with Gasteiger partial charge in [0, 0.05) is 31.3 Å². The monoisotopic (exact) mass is 313 g/mol. The molecule has 1 saturated heterocycles. The van der Waals surface area contributed by atoms with Gasteiger partial charge in [-0.2, -0.15) is 4.31 Å². The van der Waals surface area contributed by atoms with Crippen molar-refractivity contribution in [3.05, 3.63) is 33.4 Å². The number of nitrogens with two attached hydrogens (primary N) is 1. The third-order valence-electron chi connectivity index (χ3n) is 4.07. The Morgan fingerprint density at radius 1 is 1.33 bits per heavy atom. The number of aryl methyl sites for hydroxylation is 1. The molecule has 2 atom stereocenters. The van der Waals surface area contributed by atoms with Crippen molar-refractivity contribution >= 4 is 15.7 Å². The average molecular weight is 313 g/mol. The van der Waals surface area contributed by atoms with Crippen molar-refractivity contribution in [2.24, 2.45) is 11.7 Å². The summed E-state index contributed by atoms with van der Waals surface area (Å²) in [4.78, 5) is 10.4. The molecular formula is C13H19N3O4S. The molecule has 2 rings (SSSR count). The molecule has 0 spiro atoms. The van der Waals surface area contributed by atoms with Gasteiger partial charge in [0.1, 0.15) is 0 Å². The fourth-order valence-electron chi connectivity index (χ4n) is 2.46. The predicted octanol–water partition coefficient (Wildman–Crippen LogP) is 1.18. The summed E-state index contributed by atoms with van der Waals surface area (Å²) in [6.45, 7) is 5.80. The van der Waals surface area contributed by atoms with E-state index in [4.69, 9.17) is 5.73 Å². The average Bonchev–Trinajstić information content (AvgIpc) is 2.73. The second kappa shape index (κ2) is 5.36. The number of nitro benzene ring substituents is 1. The lowest BCUT2D eigenvalue weighted by Gasteiger charge is -2.18. The molecule has 1 aromatic rings. The zero-order chi connectivity index (χ0) is 15.9. The van der Waals surface area contributed by atoms with E-state index in [1.54, 1.807) is 13.8 Å². The summed E-state index contributed by atoms with van der Waals surface area (Å²) in [5.74, 6) is 0.0693. The van der Waals surface area contributed by atoms with Crippen LogP contribution in [0.4, 0.5) is 5.69 Å². The van der Waals surface area contributed by atoms with E-state index in [1.807, 2.05) is 6.92 Å². The first kappa shape index (κ1) is 15.9. The Morgan fingerprint density at radius 3 is 2.43 bits per heavy atom. The van der Waals surface area contributed by atoms with Crippen LogP contribution in [0.3, 0.4) is 0 Å². The van der Waals surface area contributed by atoms with E-state index in [1.165, 1.54) is 10.4 Å². The van der Waals surface area contributed by atoms with E-state index in [0.717, 1.165) is 6.07 Å². The van der Waals surface area contributed by atoms with E-state index >= 15 is 0 Å². The van der Waals surface area contributed by atoms with Gasteiger partial charge in [-0.1, -0.05) is 6.92 Å². The lowest BCUT2D eigenvalue weighted by molar-refractivity contribution is -0.385. The highest BCUT2D eigenvalue weighted by Gasteiger charge is 2.36. The Kier molecular flexibility index (Phi) is 4.05. The Morgan fingerprint density at radius 2 is 1.95 bits per heavy atom. The molecule has 1 fully saturated rings. The van der Waals surface area contributed by atoms with Gasteiger partial charge in [0.15, 0.2) is 0 Å². The van der Waals surface area contributed by atoms with Crippen LogP contribution >= 0.6 is 0 Å². The van der Waals surface area contributed by atoms with Gasteiger partial charge < -0.3 is 5.73 Å². The first-order valence-electron chi connectivity index (χ1n) is 6.66. The largest absolute Gasteiger partial charge is 0.326 e. The fraction of sp³-hybridized carbons (Fsp3) is 0.538. The van der Waals surface area contributed by atoms with Crippen LogP contribution in [0.25, 0.3) is 0 Å². The number of hydrogen-bond donors (Lipinski definition) is 1. The third-order valence-corrected chi connectivity index (χ3v) is 6.03. The molecule has 1 heterocycles. The summed E-state index contributed by atoms with van der Waals surface area (Å²) in [6, 6.07) is 2.30. The van der Waals surface area contributed by atoms with Gasteiger partial charge in [-0.3, -0.25) is 10.1 Å². The smallest absolute Gasteiger partial charge is 0.271 e. The quantitative estimate of drug-likeness (QED) is 0.666. The topological polar surface area (TPSA) is 107 Å². The van der Waals surface area contributed by atoms with Gasteiger partial charge in [0.05, 0.1) is 9.82 Å². The van der Waals surface area contributed by atoms with Gasteiger partial charge >= 0.3 is 0 Å². The summed E-state index contributed by atoms with van der Waals surface area (Å²) in [5, 5.41) is 10.9. The zero-order valence-electron chi connectivity index (χ0n) is 12.2. The molecule has 8 heteroatoms. The van der Waals surface area contributed by atoms with Crippen LogP contribution < -0.4 is 5.73 Å². The van der Waals surface area contributed by atoms with Gasteiger partial charge in [-0.15, -0.1) is 0 Å². The Bertz CT molecular complexity index is 677. The Hall–Kier alpha value is -1.51. The lowest BCUT2D eigenvalue weighted by Crippen LogP contribution is -2.32. The van der Waals surface area contributed by atoms with Crippen molar-refractivity contribution in [3.63, 3.8) is 0 Å². The highest BCUT2D eigenvalue weighted by Crippen LogP contribution is 2.30. The number of rotatable bonds is 3. The zero-order valence-corrected chi connectivity index (χ0v) is 13.1. The minimum atomic E-state index is -3.76. The van der Waals surface area contributed by atoms with E-state index < -0.39 is 14.9 Å². The second-order valence-electron chi connectivity index (χ2n) is 5.61. The molecule has 1 aromatic carbocycles. The minimum Gasteiger partial charge on any atom is -0.326 e. The molecule has 0 bridgehead atoms. The highest BCUT2D eigenvalue weighted by molar-refractivity contribution is 7.89. The van der Waals surface area contributed by atoms with E-state index in [-0.39, 0.29) is 29.1 Å². The molecule has 2 unspecified atom stereocenters. The summed E-state index contributed by atoms with van der Waals surface area (Å²) < 4.78 is 26.8. The number of benzene rings is 1. The van der Waals surface area contributed by atoms with Crippen LogP contribution in [0.15, 0.2) is 17.0 Å². The number of non-ortho nitro benzene ring substituents is 1. The molecule has 0 amide bonds. The van der Waals surface area contributed by atoms with Crippen LogP contribution in [0.2, 0.25) is 0 Å². The maximum atomic E-state index is 12.7. The summed E-state index contributed by atoms with van der Waals surface area (Å²) in [7, 11) is -3.76. The first-order valence-corrected chi connectivity index (χ1v) is 8.10. The van der Waals surface area contributed by atoms with E-state index in [0.29, 0.717) is 17.7 Å². The van der Waals surface area contributed by atoms with Gasteiger partial charge in [-0.25, -0.2) is 8.42 Å². The molecule has 116 valence electrons. The van der Waals surface area contributed by atoms with Crippen molar-refractivity contribution in [2.45, 2.75) is 31.7 Å². The van der Waals surface area contributed by atoms with Crippen LogP contribution in [0, 0.1) is 29.9 Å². The number of sulfonamides is 1. The van der Waals surface area contributed by atoms with Crippen LogP contribution in [0.1, 0.15) is 18.1 Å². The van der Waals surface area contributed by atoms with Crippen molar-refractivity contribution < 1.29 is 13.3 Å². The summed E-state index contributed by atoms with van der Waals surface area (Å²) in [6.07, 6.45) is 0. The van der Waals surface area contributed by atoms with Gasteiger partial charge in [0.25, 0.3) is 5.69 Å². The lowest BCUT2D eigenvalue weighted by atomic mass is 10.1. The molecule has 1 aliphatic heterocycles. The van der Waals surface area contributed by atoms with E-state index in [2.05, 4.69) is 0 Å². The molecule has 0 aromatic heterocycles. The number of hydrogen-bond acceptors (Lipinski definition) is 5.